The third-order valence-electron chi connectivity index (χ3n) is 2.40. The van der Waals surface area contributed by atoms with Gasteiger partial charge in [-0.25, -0.2) is 0 Å². The first-order chi connectivity index (χ1) is 6.90. The molecule has 1 heteroatoms. The van der Waals surface area contributed by atoms with Crippen molar-refractivity contribution in [2.75, 3.05) is 0 Å². The largest absolute Gasteiger partial charge is 2.00 e. The molecule has 0 amide bonds. The average Bonchev–Trinajstić information content (AvgIpc) is 2.30. The molecule has 0 nitrogen and oxygen atoms in total. The molecule has 2 rings (SSSR count). The van der Waals surface area contributed by atoms with Gasteiger partial charge >= 0.3 is 19.8 Å². The third kappa shape index (κ3) is 3.58. The Morgan fingerprint density at radius 3 is 2.19 bits per heavy atom. The van der Waals surface area contributed by atoms with Crippen LogP contribution >= 0.6 is 0 Å². The molecule has 84 valence electrons. The molecule has 0 saturated heterocycles. The molecule has 2 aromatic carbocycles. The van der Waals surface area contributed by atoms with Gasteiger partial charge in [-0.1, -0.05) is 36.8 Å². The molecule has 0 radical (unpaired) electrons. The fourth-order valence-corrected chi connectivity index (χ4v) is 1.51. The molecule has 0 atom stereocenters. The number of aryl methyl sites for hydroxylation is 1. The summed E-state index contributed by atoms with van der Waals surface area (Å²) in [6, 6.07) is 19.9. The fourth-order valence-electron chi connectivity index (χ4n) is 1.51. The van der Waals surface area contributed by atoms with Crippen molar-refractivity contribution in [3.8, 4) is 11.1 Å². The van der Waals surface area contributed by atoms with Crippen molar-refractivity contribution < 1.29 is 19.8 Å². The average molecular weight is 387 g/mol. The second-order valence-electron chi connectivity index (χ2n) is 3.34. The van der Waals surface area contributed by atoms with E-state index in [4.69, 9.17) is 0 Å². The van der Waals surface area contributed by atoms with Crippen LogP contribution in [0.4, 0.5) is 0 Å². The number of hydrogen-bond acceptors (Lipinski definition) is 0. The zero-order valence-electron chi connectivity index (χ0n) is 9.68. The van der Waals surface area contributed by atoms with Crippen LogP contribution in [0, 0.1) is 13.5 Å². The van der Waals surface area contributed by atoms with E-state index in [0.717, 1.165) is 6.42 Å². The third-order valence-corrected chi connectivity index (χ3v) is 2.40. The van der Waals surface area contributed by atoms with Gasteiger partial charge in [-0.2, -0.15) is 30.3 Å². The van der Waals surface area contributed by atoms with Crippen LogP contribution in [0.15, 0.2) is 48.5 Å². The van der Waals surface area contributed by atoms with Gasteiger partial charge in [0, 0.05) is 0 Å². The summed E-state index contributed by atoms with van der Waals surface area (Å²) in [6.45, 7) is 2.17. The van der Waals surface area contributed by atoms with Crippen molar-refractivity contribution in [2.24, 2.45) is 0 Å². The van der Waals surface area contributed by atoms with E-state index in [9.17, 15) is 0 Å². The predicted octanol–water partition coefficient (Wildman–Crippen LogP) is 4.16. The van der Waals surface area contributed by atoms with Crippen LogP contribution < -0.4 is 0 Å². The maximum absolute atomic E-state index is 3.09. The maximum atomic E-state index is 3.09. The minimum Gasteiger partial charge on any atom is -0.358 e. The molecular formula is C15H16Os. The number of rotatable bonds is 2. The molecule has 0 unspecified atom stereocenters. The Morgan fingerprint density at radius 1 is 1.00 bits per heavy atom. The summed E-state index contributed by atoms with van der Waals surface area (Å²) in [5.41, 5.74) is 3.88. The van der Waals surface area contributed by atoms with Gasteiger partial charge in [-0.05, 0) is 12.0 Å². The zero-order valence-corrected chi connectivity index (χ0v) is 12.2. The summed E-state index contributed by atoms with van der Waals surface area (Å²) in [5, 5.41) is 0. The molecule has 2 aromatic rings. The molecule has 0 saturated carbocycles. The monoisotopic (exact) mass is 388 g/mol. The summed E-state index contributed by atoms with van der Waals surface area (Å²) in [6.07, 6.45) is 1.10. The summed E-state index contributed by atoms with van der Waals surface area (Å²) in [7, 11) is 0. The first-order valence-electron chi connectivity index (χ1n) is 4.95. The molecular weight excluding hydrogens is 370 g/mol. The van der Waals surface area contributed by atoms with Crippen molar-refractivity contribution in [2.45, 2.75) is 13.3 Å². The minimum absolute atomic E-state index is 0. The normalized spacial score (nSPS) is 8.81. The first kappa shape index (κ1) is 15.1. The molecule has 0 aromatic heterocycles. The molecule has 0 aliphatic rings. The topological polar surface area (TPSA) is 0 Å². The number of benzene rings is 2. The summed E-state index contributed by atoms with van der Waals surface area (Å²) in [4.78, 5) is 0. The van der Waals surface area contributed by atoms with Crippen LogP contribution in [-0.4, -0.2) is 0 Å². The van der Waals surface area contributed by atoms with Crippen LogP contribution in [0.2, 0.25) is 0 Å². The van der Waals surface area contributed by atoms with E-state index < -0.39 is 0 Å². The summed E-state index contributed by atoms with van der Waals surface area (Å²) >= 11 is 0. The van der Waals surface area contributed by atoms with Crippen molar-refractivity contribution >= 4 is 0 Å². The van der Waals surface area contributed by atoms with Gasteiger partial charge in [0.15, 0.2) is 0 Å². The first-order valence-corrected chi connectivity index (χ1v) is 4.95. The number of hydrogen-bond donors (Lipinski definition) is 0. The van der Waals surface area contributed by atoms with Crippen LogP contribution in [0.5, 0.6) is 0 Å². The van der Waals surface area contributed by atoms with Crippen molar-refractivity contribution in [3.05, 3.63) is 67.6 Å². The van der Waals surface area contributed by atoms with E-state index in [0.29, 0.717) is 0 Å². The molecule has 0 bridgehead atoms. The van der Waals surface area contributed by atoms with Crippen molar-refractivity contribution in [3.63, 3.8) is 0 Å². The van der Waals surface area contributed by atoms with E-state index in [-0.39, 0.29) is 27.2 Å². The molecule has 0 fully saturated rings. The second-order valence-corrected chi connectivity index (χ2v) is 3.34. The fraction of sp³-hybridized carbons (Fsp3) is 0.133. The predicted molar refractivity (Wildman–Crippen MR) is 66.5 cm³/mol. The van der Waals surface area contributed by atoms with Crippen LogP contribution in [0.25, 0.3) is 11.1 Å². The van der Waals surface area contributed by atoms with Crippen molar-refractivity contribution in [1.29, 1.82) is 0 Å². The molecule has 0 aliphatic carbocycles. The van der Waals surface area contributed by atoms with Crippen LogP contribution in [-0.2, 0) is 26.2 Å². The van der Waals surface area contributed by atoms with Gasteiger partial charge < -0.3 is 7.43 Å². The van der Waals surface area contributed by atoms with Gasteiger partial charge in [-0.15, -0.1) is 5.56 Å². The Kier molecular flexibility index (Phi) is 6.94. The zero-order chi connectivity index (χ0) is 9.80. The smallest absolute Gasteiger partial charge is 0.358 e. The van der Waals surface area contributed by atoms with Gasteiger partial charge in [0.1, 0.15) is 0 Å². The summed E-state index contributed by atoms with van der Waals surface area (Å²) in [5.74, 6) is 0. The van der Waals surface area contributed by atoms with E-state index in [1.165, 1.54) is 16.7 Å². The van der Waals surface area contributed by atoms with E-state index in [1.807, 2.05) is 18.2 Å². The van der Waals surface area contributed by atoms with Crippen LogP contribution in [0.1, 0.15) is 12.5 Å². The van der Waals surface area contributed by atoms with E-state index in [2.05, 4.69) is 43.3 Å². The SMILES string of the molecule is CCc1ccc(-c2c[c-]ccc2)cc1.[CH3-].[Os+2]. The Hall–Kier alpha value is -0.924. The van der Waals surface area contributed by atoms with E-state index >= 15 is 0 Å². The standard InChI is InChI=1S/C14H13.CH3.Os/c1-2-12-8-10-14(11-9-12)13-6-4-3-5-7-13;;/h3-4,6-11H,2H2,1H3;1H3;/q2*-1;+2. The Labute approximate surface area is 112 Å². The Morgan fingerprint density at radius 2 is 1.69 bits per heavy atom. The molecule has 0 aliphatic heterocycles. The van der Waals surface area contributed by atoms with Crippen LogP contribution in [0.3, 0.4) is 0 Å². The minimum atomic E-state index is 0. The van der Waals surface area contributed by atoms with Gasteiger partial charge in [0.25, 0.3) is 0 Å². The van der Waals surface area contributed by atoms with Gasteiger partial charge in [0.05, 0.1) is 0 Å². The quantitative estimate of drug-likeness (QED) is 0.680. The Bertz CT molecular complexity index is 390. The molecule has 0 spiro atoms. The second kappa shape index (κ2) is 7.37. The molecule has 0 N–H and O–H groups in total. The summed E-state index contributed by atoms with van der Waals surface area (Å²) < 4.78 is 0. The molecule has 16 heavy (non-hydrogen) atoms. The molecule has 0 heterocycles. The van der Waals surface area contributed by atoms with Gasteiger partial charge in [-0.3, -0.25) is 0 Å². The van der Waals surface area contributed by atoms with E-state index in [1.54, 1.807) is 0 Å². The van der Waals surface area contributed by atoms with Crippen molar-refractivity contribution in [1.82, 2.24) is 0 Å². The maximum Gasteiger partial charge on any atom is 2.00 e. The Balaban J connectivity index is 0.00000112. The van der Waals surface area contributed by atoms with Gasteiger partial charge in [0.2, 0.25) is 0 Å².